The molecule has 0 saturated heterocycles. The molecule has 6 atom stereocenters. The van der Waals surface area contributed by atoms with E-state index in [4.69, 9.17) is 73.1 Å². The SMILES string of the molecule is CO[Si](CCCNc1ccccc1)(OC)O[Si](CCCNc1ccccc1)(OC)O[Si](CCCNc1ccccc1)(OC)O[Si](CCCNc1ccccc1)(OC)O[Si](CCCNc1ccccc1)(OC)O[Si](CCCNc1ccccc1)(OC)O[Si](CCCNc1ccccc1)(OC)O[Si](CCCNc1ccccc1)(OC)OC. The van der Waals surface area contributed by atoms with Gasteiger partial charge in [0.2, 0.25) is 0 Å². The van der Waals surface area contributed by atoms with E-state index < -0.39 is 70.4 Å². The largest absolute Gasteiger partial charge is 0.493 e. The van der Waals surface area contributed by atoms with E-state index in [0.29, 0.717) is 116 Å². The van der Waals surface area contributed by atoms with Crippen molar-refractivity contribution in [3.8, 4) is 0 Å². The molecule has 628 valence electrons. The molecule has 0 radical (unpaired) electrons. The van der Waals surface area contributed by atoms with Gasteiger partial charge in [0.05, 0.1) is 0 Å². The molecule has 0 aliphatic heterocycles. The van der Waals surface area contributed by atoms with Crippen LogP contribution in [-0.2, 0) is 73.1 Å². The Bertz CT molecular complexity index is 3590. The highest BCUT2D eigenvalue weighted by molar-refractivity contribution is 6.88. The predicted octanol–water partition coefficient (Wildman–Crippen LogP) is 17.1. The lowest BCUT2D eigenvalue weighted by Crippen LogP contribution is -2.70. The van der Waals surface area contributed by atoms with Crippen molar-refractivity contribution >= 4 is 116 Å². The molecule has 0 amide bonds. The Morgan fingerprint density at radius 3 is 0.374 bits per heavy atom. The lowest BCUT2D eigenvalue weighted by atomic mass is 10.3. The van der Waals surface area contributed by atoms with Crippen LogP contribution in [0.25, 0.3) is 0 Å². The maximum atomic E-state index is 8.18. The van der Waals surface area contributed by atoms with Crippen LogP contribution in [0.3, 0.4) is 0 Å². The fourth-order valence-corrected chi connectivity index (χ4v) is 47.9. The van der Waals surface area contributed by atoms with Crippen LogP contribution < -0.4 is 42.5 Å². The Kier molecular flexibility index (Phi) is 41.4. The van der Waals surface area contributed by atoms with Gasteiger partial charge in [0.25, 0.3) is 0 Å². The van der Waals surface area contributed by atoms with E-state index in [2.05, 4.69) is 42.5 Å². The second kappa shape index (κ2) is 50.9. The third-order valence-electron chi connectivity index (χ3n) is 19.4. The minimum atomic E-state index is -4.53. The molecule has 33 heteroatoms. The van der Waals surface area contributed by atoms with Crippen molar-refractivity contribution in [2.75, 3.05) is 166 Å². The highest BCUT2D eigenvalue weighted by Gasteiger charge is 2.66. The number of hydrogen-bond acceptors (Lipinski definition) is 25. The minimum Gasteiger partial charge on any atom is -0.385 e. The molecule has 8 rings (SSSR count). The van der Waals surface area contributed by atoms with Crippen LogP contribution in [0.2, 0.25) is 48.4 Å². The van der Waals surface area contributed by atoms with Crippen LogP contribution in [0, 0.1) is 0 Å². The number of hydrogen-bond donors (Lipinski definition) is 8. The molecule has 0 saturated carbocycles. The molecule has 0 aliphatic carbocycles. The zero-order valence-electron chi connectivity index (χ0n) is 69.0. The summed E-state index contributed by atoms with van der Waals surface area (Å²) in [7, 11) is -17.6. The summed E-state index contributed by atoms with van der Waals surface area (Å²) in [5.74, 6) is 0. The molecule has 0 bridgehead atoms. The molecule has 0 aliphatic rings. The van der Waals surface area contributed by atoms with Crippen molar-refractivity contribution in [3.63, 3.8) is 0 Å². The summed E-state index contributed by atoms with van der Waals surface area (Å²) < 4.78 is 124. The molecular formula is C82H126N8O17Si8. The molecule has 0 heterocycles. The maximum Gasteiger partial charge on any atom is 0.493 e. The van der Waals surface area contributed by atoms with Crippen molar-refractivity contribution < 1.29 is 73.1 Å². The number of para-hydroxylation sites is 8. The first kappa shape index (κ1) is 93.7. The number of rotatable bonds is 64. The summed E-state index contributed by atoms with van der Waals surface area (Å²) >= 11 is 0. The highest BCUT2D eigenvalue weighted by atomic mass is 28.5. The fourth-order valence-electron chi connectivity index (χ4n) is 13.1. The molecule has 0 spiro atoms. The number of benzene rings is 8. The summed E-state index contributed by atoms with van der Waals surface area (Å²) in [5, 5.41) is 28.9. The van der Waals surface area contributed by atoms with Gasteiger partial charge in [-0.1, -0.05) is 146 Å². The summed E-state index contributed by atoms with van der Waals surface area (Å²) in [5.41, 5.74) is 7.66. The van der Waals surface area contributed by atoms with Gasteiger partial charge in [0.15, 0.2) is 0 Å². The van der Waals surface area contributed by atoms with Gasteiger partial charge < -0.3 is 116 Å². The molecule has 8 aromatic rings. The molecule has 25 nitrogen and oxygen atoms in total. The zero-order chi connectivity index (χ0) is 81.6. The average molecular weight is 1720 g/mol. The molecule has 0 fully saturated rings. The van der Waals surface area contributed by atoms with Gasteiger partial charge >= 0.3 is 70.4 Å². The van der Waals surface area contributed by atoms with E-state index in [9.17, 15) is 0 Å². The molecule has 0 aromatic heterocycles. The Labute approximate surface area is 693 Å². The third-order valence-corrected chi connectivity index (χ3v) is 50.8. The van der Waals surface area contributed by atoms with E-state index in [1.54, 1.807) is 71.1 Å². The molecule has 6 unspecified atom stereocenters. The smallest absolute Gasteiger partial charge is 0.385 e. The fraction of sp³-hybridized carbons (Fsp3) is 0.415. The van der Waals surface area contributed by atoms with Crippen molar-refractivity contribution in [2.45, 2.75) is 99.7 Å². The van der Waals surface area contributed by atoms with E-state index in [0.717, 1.165) is 45.5 Å². The van der Waals surface area contributed by atoms with E-state index in [-0.39, 0.29) is 36.3 Å². The Morgan fingerprint density at radius 1 is 0.157 bits per heavy atom. The second-order valence-electron chi connectivity index (χ2n) is 27.4. The van der Waals surface area contributed by atoms with Crippen LogP contribution in [0.5, 0.6) is 0 Å². The first-order chi connectivity index (χ1) is 56.2. The van der Waals surface area contributed by atoms with Crippen molar-refractivity contribution in [3.05, 3.63) is 243 Å². The molecule has 115 heavy (non-hydrogen) atoms. The van der Waals surface area contributed by atoms with Gasteiger partial charge in [-0.05, 0) is 148 Å². The highest BCUT2D eigenvalue weighted by Crippen LogP contribution is 2.41. The monoisotopic (exact) mass is 1720 g/mol. The molecule has 8 aromatic carbocycles. The van der Waals surface area contributed by atoms with Crippen LogP contribution in [0.15, 0.2) is 243 Å². The lowest BCUT2D eigenvalue weighted by molar-refractivity contribution is 0.0481. The predicted molar refractivity (Wildman–Crippen MR) is 479 cm³/mol. The topological polar surface area (TPSA) is 253 Å². The molecular weight excluding hydrogens is 1590 g/mol. The van der Waals surface area contributed by atoms with Crippen LogP contribution in [0.4, 0.5) is 45.5 Å². The van der Waals surface area contributed by atoms with Crippen molar-refractivity contribution in [1.29, 1.82) is 0 Å². The quantitative estimate of drug-likeness (QED) is 0.0130. The minimum absolute atomic E-state index is 0.191. The lowest BCUT2D eigenvalue weighted by Gasteiger charge is -2.47. The van der Waals surface area contributed by atoms with E-state index in [1.165, 1.54) is 0 Å². The second-order valence-corrected chi connectivity index (χ2v) is 52.1. The summed E-state index contributed by atoms with van der Waals surface area (Å²) in [6.07, 6.45) is 4.16. The van der Waals surface area contributed by atoms with Crippen LogP contribution >= 0.6 is 0 Å². The summed E-state index contributed by atoms with van der Waals surface area (Å²) in [6, 6.07) is 82.8. The number of anilines is 8. The number of nitrogens with one attached hydrogen (secondary N) is 8. The zero-order valence-corrected chi connectivity index (χ0v) is 77.0. The van der Waals surface area contributed by atoms with Gasteiger partial charge in [-0.25, -0.2) is 0 Å². The average Bonchev–Trinajstić information content (AvgIpc) is 0.762. The third kappa shape index (κ3) is 31.8. The Morgan fingerprint density at radius 2 is 0.261 bits per heavy atom. The summed E-state index contributed by atoms with van der Waals surface area (Å²) in [6.45, 7) is 4.22. The normalized spacial score (nSPS) is 15.0. The summed E-state index contributed by atoms with van der Waals surface area (Å²) in [4.78, 5) is 0. The Hall–Kier alpha value is -6.78. The van der Waals surface area contributed by atoms with Crippen molar-refractivity contribution in [1.82, 2.24) is 0 Å². The van der Waals surface area contributed by atoms with Gasteiger partial charge in [-0.15, -0.1) is 0 Å². The van der Waals surface area contributed by atoms with Gasteiger partial charge in [-0.3, -0.25) is 0 Å². The first-order valence-electron chi connectivity index (χ1n) is 39.9. The van der Waals surface area contributed by atoms with E-state index in [1.807, 2.05) is 243 Å². The first-order valence-corrected chi connectivity index (χ1v) is 55.4. The Balaban J connectivity index is 1.29. The van der Waals surface area contributed by atoms with Crippen LogP contribution in [-0.4, -0.2) is 194 Å². The van der Waals surface area contributed by atoms with E-state index >= 15 is 0 Å². The van der Waals surface area contributed by atoms with Crippen molar-refractivity contribution in [2.24, 2.45) is 0 Å². The maximum absolute atomic E-state index is 8.18. The van der Waals surface area contributed by atoms with Crippen LogP contribution in [0.1, 0.15) is 51.4 Å². The van der Waals surface area contributed by atoms with Gasteiger partial charge in [0, 0.05) is 217 Å². The standard InChI is InChI=1S/C82H126N8O17Si8/c1-91-108(92-2,67-35-59-83-75-43-19-11-20-44-75)101-110(95-5,69-37-61-85-77-47-23-13-24-48-77)103-112(97-7,71-39-63-87-79-51-27-15-28-52-79)105-114(99-9,73-41-65-89-81-55-31-17-32-56-81)107-115(100-10,74-42-66-90-82-57-33-18-34-58-82)106-113(98-8,72-40-64-88-80-53-29-16-30-54-80)104-111(96-6,70-38-62-86-78-49-25-14-26-50-78)102-109(93-3,94-4)68-36-60-84-76-45-21-12-22-46-76/h11-34,43-58,83-90H,35-42,59-74H2,1-10H3. The molecule has 8 N–H and O–H groups in total. The van der Waals surface area contributed by atoms with Gasteiger partial charge in [0.1, 0.15) is 0 Å². The van der Waals surface area contributed by atoms with Gasteiger partial charge in [-0.2, -0.15) is 0 Å².